The second kappa shape index (κ2) is 6.31. The number of ether oxygens (including phenoxy) is 1. The van der Waals surface area contributed by atoms with Crippen molar-refractivity contribution in [2.45, 2.75) is 38.7 Å². The minimum absolute atomic E-state index is 0.0253. The topological polar surface area (TPSA) is 29.5 Å². The molecule has 0 aliphatic rings. The molecule has 2 rings (SSSR count). The van der Waals surface area contributed by atoms with E-state index in [1.807, 2.05) is 42.5 Å². The van der Waals surface area contributed by atoms with Crippen molar-refractivity contribution >= 4 is 0 Å². The number of rotatable bonds is 4. The number of aliphatic hydroxyl groups is 1. The Labute approximate surface area is 127 Å². The standard InChI is InChI=1S/C19H24O2/c1-19(2,3)17-8-6-5-7-16(17)18(20)13-14-9-11-15(21-4)12-10-14/h5-12,18,20H,13H2,1-4H3. The van der Waals surface area contributed by atoms with Crippen molar-refractivity contribution in [3.05, 3.63) is 65.2 Å². The highest BCUT2D eigenvalue weighted by Crippen LogP contribution is 2.31. The van der Waals surface area contributed by atoms with E-state index in [0.29, 0.717) is 6.42 Å². The second-order valence-corrected chi connectivity index (χ2v) is 6.41. The van der Waals surface area contributed by atoms with Crippen LogP contribution in [0.15, 0.2) is 48.5 Å². The Balaban J connectivity index is 2.22. The van der Waals surface area contributed by atoms with Gasteiger partial charge < -0.3 is 9.84 Å². The summed E-state index contributed by atoms with van der Waals surface area (Å²) in [6.07, 6.45) is 0.116. The molecule has 1 atom stereocenters. The van der Waals surface area contributed by atoms with E-state index in [9.17, 15) is 5.11 Å². The zero-order valence-electron chi connectivity index (χ0n) is 13.3. The largest absolute Gasteiger partial charge is 0.497 e. The average Bonchev–Trinajstić information content (AvgIpc) is 2.47. The van der Waals surface area contributed by atoms with Gasteiger partial charge in [0.2, 0.25) is 0 Å². The summed E-state index contributed by atoms with van der Waals surface area (Å²) in [5.41, 5.74) is 3.34. The Morgan fingerprint density at radius 2 is 1.62 bits per heavy atom. The number of hydrogen-bond donors (Lipinski definition) is 1. The molecule has 0 heterocycles. The molecule has 2 aromatic rings. The highest BCUT2D eigenvalue weighted by atomic mass is 16.5. The summed E-state index contributed by atoms with van der Waals surface area (Å²) >= 11 is 0. The SMILES string of the molecule is COc1ccc(CC(O)c2ccccc2C(C)(C)C)cc1. The molecule has 0 bridgehead atoms. The highest BCUT2D eigenvalue weighted by molar-refractivity contribution is 5.36. The lowest BCUT2D eigenvalue weighted by molar-refractivity contribution is 0.176. The molecule has 2 nitrogen and oxygen atoms in total. The number of hydrogen-bond acceptors (Lipinski definition) is 2. The molecule has 21 heavy (non-hydrogen) atoms. The monoisotopic (exact) mass is 284 g/mol. The van der Waals surface area contributed by atoms with E-state index in [2.05, 4.69) is 26.8 Å². The molecule has 0 spiro atoms. The molecule has 0 fully saturated rings. The number of benzene rings is 2. The Bertz CT molecular complexity index is 579. The molecule has 1 unspecified atom stereocenters. The fraction of sp³-hybridized carbons (Fsp3) is 0.368. The van der Waals surface area contributed by atoms with Crippen LogP contribution in [0, 0.1) is 0 Å². The van der Waals surface area contributed by atoms with Gasteiger partial charge in [0.25, 0.3) is 0 Å². The third-order valence-corrected chi connectivity index (χ3v) is 3.72. The second-order valence-electron chi connectivity index (χ2n) is 6.41. The van der Waals surface area contributed by atoms with Crippen LogP contribution >= 0.6 is 0 Å². The Morgan fingerprint density at radius 1 is 1.00 bits per heavy atom. The van der Waals surface area contributed by atoms with Crippen molar-refractivity contribution in [2.75, 3.05) is 7.11 Å². The summed E-state index contributed by atoms with van der Waals surface area (Å²) in [5, 5.41) is 10.6. The van der Waals surface area contributed by atoms with E-state index < -0.39 is 6.10 Å². The Morgan fingerprint density at radius 3 is 2.19 bits per heavy atom. The molecule has 0 saturated carbocycles. The lowest BCUT2D eigenvalue weighted by atomic mass is 9.81. The van der Waals surface area contributed by atoms with Crippen molar-refractivity contribution in [2.24, 2.45) is 0 Å². The lowest BCUT2D eigenvalue weighted by Crippen LogP contribution is -2.16. The molecule has 0 aromatic heterocycles. The predicted octanol–water partition coefficient (Wildman–Crippen LogP) is 4.27. The fourth-order valence-corrected chi connectivity index (χ4v) is 2.57. The van der Waals surface area contributed by atoms with E-state index in [1.54, 1.807) is 7.11 Å². The van der Waals surface area contributed by atoms with Crippen LogP contribution in [0.1, 0.15) is 43.6 Å². The van der Waals surface area contributed by atoms with E-state index in [-0.39, 0.29) is 5.41 Å². The first-order valence-electron chi connectivity index (χ1n) is 7.32. The van der Waals surface area contributed by atoms with Crippen LogP contribution in [-0.4, -0.2) is 12.2 Å². The zero-order valence-corrected chi connectivity index (χ0v) is 13.3. The Kier molecular flexibility index (Phi) is 4.69. The van der Waals surface area contributed by atoms with Crippen LogP contribution in [0.25, 0.3) is 0 Å². The summed E-state index contributed by atoms with van der Waals surface area (Å²) in [4.78, 5) is 0. The Hall–Kier alpha value is -1.80. The minimum atomic E-state index is -0.492. The van der Waals surface area contributed by atoms with Crippen LogP contribution in [0.4, 0.5) is 0 Å². The van der Waals surface area contributed by atoms with Crippen molar-refractivity contribution in [1.29, 1.82) is 0 Å². The maximum Gasteiger partial charge on any atom is 0.118 e. The normalized spacial score (nSPS) is 13.0. The summed E-state index contributed by atoms with van der Waals surface area (Å²) in [7, 11) is 1.66. The third kappa shape index (κ3) is 3.85. The molecule has 0 aliphatic heterocycles. The van der Waals surface area contributed by atoms with Gasteiger partial charge in [0.05, 0.1) is 13.2 Å². The van der Waals surface area contributed by atoms with Crippen molar-refractivity contribution in [3.63, 3.8) is 0 Å². The minimum Gasteiger partial charge on any atom is -0.497 e. The maximum absolute atomic E-state index is 10.6. The molecular weight excluding hydrogens is 260 g/mol. The average molecular weight is 284 g/mol. The summed E-state index contributed by atoms with van der Waals surface area (Å²) in [6, 6.07) is 16.0. The molecule has 2 heteroatoms. The molecule has 0 aliphatic carbocycles. The van der Waals surface area contributed by atoms with E-state index in [4.69, 9.17) is 4.74 Å². The molecule has 1 N–H and O–H groups in total. The van der Waals surface area contributed by atoms with Crippen LogP contribution < -0.4 is 4.74 Å². The lowest BCUT2D eigenvalue weighted by Gasteiger charge is -2.25. The van der Waals surface area contributed by atoms with Gasteiger partial charge in [0.1, 0.15) is 5.75 Å². The van der Waals surface area contributed by atoms with Gasteiger partial charge in [-0.15, -0.1) is 0 Å². The van der Waals surface area contributed by atoms with Crippen molar-refractivity contribution < 1.29 is 9.84 Å². The van der Waals surface area contributed by atoms with Crippen LogP contribution in [0.3, 0.4) is 0 Å². The predicted molar refractivity (Wildman–Crippen MR) is 86.8 cm³/mol. The van der Waals surface area contributed by atoms with Gasteiger partial charge in [-0.3, -0.25) is 0 Å². The number of methoxy groups -OCH3 is 1. The zero-order chi connectivity index (χ0) is 15.5. The third-order valence-electron chi connectivity index (χ3n) is 3.72. The van der Waals surface area contributed by atoms with E-state index >= 15 is 0 Å². The van der Waals surface area contributed by atoms with E-state index in [1.165, 1.54) is 5.56 Å². The van der Waals surface area contributed by atoms with Crippen LogP contribution in [0.5, 0.6) is 5.75 Å². The van der Waals surface area contributed by atoms with Crippen molar-refractivity contribution in [1.82, 2.24) is 0 Å². The quantitative estimate of drug-likeness (QED) is 0.908. The fourth-order valence-electron chi connectivity index (χ4n) is 2.57. The summed E-state index contributed by atoms with van der Waals surface area (Å²) in [5.74, 6) is 0.836. The van der Waals surface area contributed by atoms with Gasteiger partial charge in [0.15, 0.2) is 0 Å². The van der Waals surface area contributed by atoms with Gasteiger partial charge in [-0.05, 0) is 34.2 Å². The van der Waals surface area contributed by atoms with Crippen LogP contribution in [0.2, 0.25) is 0 Å². The summed E-state index contributed by atoms with van der Waals surface area (Å²) in [6.45, 7) is 6.52. The maximum atomic E-state index is 10.6. The molecular formula is C19H24O2. The van der Waals surface area contributed by atoms with Crippen molar-refractivity contribution in [3.8, 4) is 5.75 Å². The first-order chi connectivity index (χ1) is 9.91. The van der Waals surface area contributed by atoms with Gasteiger partial charge >= 0.3 is 0 Å². The molecule has 0 amide bonds. The first kappa shape index (κ1) is 15.6. The smallest absolute Gasteiger partial charge is 0.118 e. The molecule has 0 radical (unpaired) electrons. The van der Waals surface area contributed by atoms with Gasteiger partial charge in [0, 0.05) is 6.42 Å². The summed E-state index contributed by atoms with van der Waals surface area (Å²) < 4.78 is 5.16. The van der Waals surface area contributed by atoms with Gasteiger partial charge in [-0.1, -0.05) is 57.2 Å². The van der Waals surface area contributed by atoms with Gasteiger partial charge in [-0.2, -0.15) is 0 Å². The molecule has 112 valence electrons. The molecule has 0 saturated heterocycles. The highest BCUT2D eigenvalue weighted by Gasteiger charge is 2.21. The van der Waals surface area contributed by atoms with Gasteiger partial charge in [-0.25, -0.2) is 0 Å². The van der Waals surface area contributed by atoms with Crippen LogP contribution in [-0.2, 0) is 11.8 Å². The van der Waals surface area contributed by atoms with E-state index in [0.717, 1.165) is 16.9 Å². The number of aliphatic hydroxyl groups excluding tert-OH is 1. The molecule has 2 aromatic carbocycles. The first-order valence-corrected chi connectivity index (χ1v) is 7.32.